The van der Waals surface area contributed by atoms with Gasteiger partial charge in [0.25, 0.3) is 5.56 Å². The Morgan fingerprint density at radius 3 is 2.37 bits per heavy atom. The van der Waals surface area contributed by atoms with Gasteiger partial charge < -0.3 is 9.30 Å². The van der Waals surface area contributed by atoms with Crippen molar-refractivity contribution in [3.63, 3.8) is 0 Å². The van der Waals surface area contributed by atoms with Crippen LogP contribution in [-0.4, -0.2) is 17.1 Å². The number of esters is 1. The van der Waals surface area contributed by atoms with Crippen LogP contribution in [0.15, 0.2) is 10.9 Å². The lowest BCUT2D eigenvalue weighted by Crippen LogP contribution is -2.30. The molecule has 106 valence electrons. The summed E-state index contributed by atoms with van der Waals surface area (Å²) >= 11 is 0. The topological polar surface area (TPSA) is 48.3 Å². The summed E-state index contributed by atoms with van der Waals surface area (Å²) in [6.45, 7) is 12.4. The van der Waals surface area contributed by atoms with Gasteiger partial charge in [-0.1, -0.05) is 20.8 Å². The van der Waals surface area contributed by atoms with Crippen LogP contribution in [0.1, 0.15) is 49.3 Å². The van der Waals surface area contributed by atoms with Crippen molar-refractivity contribution >= 4 is 5.97 Å². The van der Waals surface area contributed by atoms with E-state index in [1.54, 1.807) is 25.3 Å². The van der Waals surface area contributed by atoms with Crippen LogP contribution in [0.25, 0.3) is 0 Å². The highest BCUT2D eigenvalue weighted by molar-refractivity contribution is 5.92. The van der Waals surface area contributed by atoms with Crippen molar-refractivity contribution < 1.29 is 9.53 Å². The number of aryl methyl sites for hydroxylation is 1. The minimum Gasteiger partial charge on any atom is -0.462 e. The van der Waals surface area contributed by atoms with Gasteiger partial charge in [0, 0.05) is 18.3 Å². The zero-order valence-corrected chi connectivity index (χ0v) is 12.7. The molecule has 0 bridgehead atoms. The Kier molecular flexibility index (Phi) is 4.56. The van der Waals surface area contributed by atoms with Gasteiger partial charge in [-0.15, -0.1) is 0 Å². The molecule has 0 radical (unpaired) electrons. The van der Waals surface area contributed by atoms with Crippen LogP contribution in [0.2, 0.25) is 0 Å². The Bertz CT molecular complexity index is 536. The second kappa shape index (κ2) is 5.59. The highest BCUT2D eigenvalue weighted by atomic mass is 16.5. The zero-order chi connectivity index (χ0) is 14.8. The molecule has 0 aliphatic rings. The highest BCUT2D eigenvalue weighted by Gasteiger charge is 2.20. The molecular weight excluding hydrogens is 242 g/mol. The summed E-state index contributed by atoms with van der Waals surface area (Å²) < 4.78 is 6.71. The maximum absolute atomic E-state index is 12.1. The molecule has 0 aliphatic carbocycles. The van der Waals surface area contributed by atoms with Crippen molar-refractivity contribution in [3.05, 3.63) is 33.2 Å². The average Bonchev–Trinajstić information content (AvgIpc) is 2.23. The molecule has 0 saturated heterocycles. The van der Waals surface area contributed by atoms with Crippen molar-refractivity contribution in [1.29, 1.82) is 0 Å². The lowest BCUT2D eigenvalue weighted by Gasteiger charge is -2.23. The van der Waals surface area contributed by atoms with E-state index in [1.807, 2.05) is 0 Å². The number of hydrogen-bond donors (Lipinski definition) is 0. The van der Waals surface area contributed by atoms with E-state index < -0.39 is 0 Å². The quantitative estimate of drug-likeness (QED) is 0.789. The molecule has 1 aromatic rings. The third kappa shape index (κ3) is 3.69. The number of ether oxygens (including phenoxy) is 1. The van der Waals surface area contributed by atoms with Crippen molar-refractivity contribution in [2.75, 3.05) is 6.61 Å². The molecule has 0 N–H and O–H groups in total. The molecule has 0 spiro atoms. The largest absolute Gasteiger partial charge is 0.462 e. The van der Waals surface area contributed by atoms with Crippen molar-refractivity contribution in [2.24, 2.45) is 5.41 Å². The van der Waals surface area contributed by atoms with E-state index in [0.29, 0.717) is 30.0 Å². The van der Waals surface area contributed by atoms with Crippen LogP contribution in [0.4, 0.5) is 0 Å². The van der Waals surface area contributed by atoms with Crippen LogP contribution in [-0.2, 0) is 11.3 Å². The number of aromatic nitrogens is 1. The molecule has 0 amide bonds. The van der Waals surface area contributed by atoms with Gasteiger partial charge in [-0.3, -0.25) is 4.79 Å². The highest BCUT2D eigenvalue weighted by Crippen LogP contribution is 2.19. The fourth-order valence-electron chi connectivity index (χ4n) is 2.10. The fraction of sp³-hybridized carbons (Fsp3) is 0.600. The van der Waals surface area contributed by atoms with Crippen LogP contribution in [0.3, 0.4) is 0 Å². The maximum Gasteiger partial charge on any atom is 0.340 e. The van der Waals surface area contributed by atoms with Crippen LogP contribution in [0.5, 0.6) is 0 Å². The molecule has 0 atom stereocenters. The summed E-state index contributed by atoms with van der Waals surface area (Å²) in [6, 6.07) is 1.50. The van der Waals surface area contributed by atoms with Crippen molar-refractivity contribution in [3.8, 4) is 0 Å². The third-order valence-electron chi connectivity index (χ3n) is 2.88. The summed E-state index contributed by atoms with van der Waals surface area (Å²) in [4.78, 5) is 24.1. The SMILES string of the molecule is CCOC(=O)c1c(C)cc(=O)n(CC(C)(C)C)c1C. The number of rotatable bonds is 3. The second-order valence-corrected chi connectivity index (χ2v) is 5.99. The Morgan fingerprint density at radius 1 is 1.32 bits per heavy atom. The standard InChI is InChI=1S/C15H23NO3/c1-7-19-14(18)13-10(2)8-12(17)16(11(13)3)9-15(4,5)6/h8H,7,9H2,1-6H3. The average molecular weight is 265 g/mol. The first-order valence-electron chi connectivity index (χ1n) is 6.55. The molecule has 0 saturated carbocycles. The van der Waals surface area contributed by atoms with Gasteiger partial charge in [-0.05, 0) is 31.7 Å². The molecule has 0 unspecified atom stereocenters. The maximum atomic E-state index is 12.1. The third-order valence-corrected chi connectivity index (χ3v) is 2.88. The molecule has 1 rings (SSSR count). The van der Waals surface area contributed by atoms with Gasteiger partial charge in [-0.25, -0.2) is 4.79 Å². The van der Waals surface area contributed by atoms with Gasteiger partial charge in [0.1, 0.15) is 0 Å². The van der Waals surface area contributed by atoms with Gasteiger partial charge in [0.05, 0.1) is 12.2 Å². The van der Waals surface area contributed by atoms with E-state index in [4.69, 9.17) is 4.74 Å². The minimum atomic E-state index is -0.361. The second-order valence-electron chi connectivity index (χ2n) is 5.99. The Morgan fingerprint density at radius 2 is 1.89 bits per heavy atom. The molecule has 4 nitrogen and oxygen atoms in total. The van der Waals surface area contributed by atoms with Crippen LogP contribution >= 0.6 is 0 Å². The number of hydrogen-bond acceptors (Lipinski definition) is 3. The molecule has 0 fully saturated rings. The summed E-state index contributed by atoms with van der Waals surface area (Å²) in [5.41, 5.74) is 1.75. The number of nitrogens with zero attached hydrogens (tertiary/aromatic N) is 1. The zero-order valence-electron chi connectivity index (χ0n) is 12.7. The molecule has 0 aliphatic heterocycles. The van der Waals surface area contributed by atoms with E-state index >= 15 is 0 Å². The first-order valence-corrected chi connectivity index (χ1v) is 6.55. The van der Waals surface area contributed by atoms with Crippen molar-refractivity contribution in [1.82, 2.24) is 4.57 Å². The van der Waals surface area contributed by atoms with Gasteiger partial charge in [0.2, 0.25) is 0 Å². The molecule has 0 aromatic carbocycles. The number of carbonyl (C=O) groups is 1. The van der Waals surface area contributed by atoms with E-state index in [9.17, 15) is 9.59 Å². The van der Waals surface area contributed by atoms with Crippen LogP contribution in [0, 0.1) is 19.3 Å². The predicted molar refractivity (Wildman–Crippen MR) is 75.6 cm³/mol. The Labute approximate surface area is 114 Å². The summed E-state index contributed by atoms with van der Waals surface area (Å²) in [5, 5.41) is 0. The first-order chi connectivity index (χ1) is 8.67. The lowest BCUT2D eigenvalue weighted by molar-refractivity contribution is 0.0523. The monoisotopic (exact) mass is 265 g/mol. The summed E-state index contributed by atoms with van der Waals surface area (Å²) in [7, 11) is 0. The number of carbonyl (C=O) groups excluding carboxylic acids is 1. The molecule has 19 heavy (non-hydrogen) atoms. The van der Waals surface area contributed by atoms with E-state index in [1.165, 1.54) is 6.07 Å². The van der Waals surface area contributed by atoms with Crippen molar-refractivity contribution in [2.45, 2.75) is 48.1 Å². The predicted octanol–water partition coefficient (Wildman–Crippen LogP) is 2.69. The Hall–Kier alpha value is -1.58. The first kappa shape index (κ1) is 15.5. The molecule has 4 heteroatoms. The van der Waals surface area contributed by atoms with Gasteiger partial charge >= 0.3 is 5.97 Å². The minimum absolute atomic E-state index is 0.0320. The number of pyridine rings is 1. The van der Waals surface area contributed by atoms with Crippen LogP contribution < -0.4 is 5.56 Å². The molecule has 1 aromatic heterocycles. The van der Waals surface area contributed by atoms with Gasteiger partial charge in [-0.2, -0.15) is 0 Å². The molecular formula is C15H23NO3. The normalized spacial score (nSPS) is 11.5. The van der Waals surface area contributed by atoms with E-state index in [0.717, 1.165) is 0 Å². The fourth-order valence-corrected chi connectivity index (χ4v) is 2.10. The summed E-state index contributed by atoms with van der Waals surface area (Å²) in [6.07, 6.45) is 0. The lowest BCUT2D eigenvalue weighted by atomic mass is 9.96. The molecule has 1 heterocycles. The van der Waals surface area contributed by atoms with Gasteiger partial charge in [0.15, 0.2) is 0 Å². The smallest absolute Gasteiger partial charge is 0.340 e. The van der Waals surface area contributed by atoms with E-state index in [2.05, 4.69) is 20.8 Å². The van der Waals surface area contributed by atoms with E-state index in [-0.39, 0.29) is 16.9 Å². The Balaban J connectivity index is 3.39. The summed E-state index contributed by atoms with van der Waals surface area (Å²) in [5.74, 6) is -0.361.